The molecule has 0 aliphatic heterocycles. The minimum atomic E-state index is 0.428. The van der Waals surface area contributed by atoms with Gasteiger partial charge in [0.1, 0.15) is 0 Å². The van der Waals surface area contributed by atoms with Crippen LogP contribution >= 0.6 is 12.2 Å². The van der Waals surface area contributed by atoms with E-state index in [-0.39, 0.29) is 0 Å². The first-order valence-electron chi connectivity index (χ1n) is 4.77. The van der Waals surface area contributed by atoms with Gasteiger partial charge in [0.15, 0.2) is 15.9 Å². The summed E-state index contributed by atoms with van der Waals surface area (Å²) in [6.45, 7) is 0. The molecule has 0 amide bonds. The SMILES string of the molecule is COc1c2occc2cc2ccc(=S)oc12. The lowest BCUT2D eigenvalue weighted by molar-refractivity contribution is 0.404. The molecule has 3 aromatic rings. The van der Waals surface area contributed by atoms with Gasteiger partial charge >= 0.3 is 0 Å². The van der Waals surface area contributed by atoms with Crippen LogP contribution in [-0.4, -0.2) is 7.11 Å². The number of ether oxygens (including phenoxy) is 1. The summed E-state index contributed by atoms with van der Waals surface area (Å²) in [5.41, 5.74) is 1.30. The van der Waals surface area contributed by atoms with Gasteiger partial charge in [-0.3, -0.25) is 0 Å². The van der Waals surface area contributed by atoms with Gasteiger partial charge in [-0.15, -0.1) is 0 Å². The second-order valence-corrected chi connectivity index (χ2v) is 3.82. The van der Waals surface area contributed by atoms with Gasteiger partial charge in [0.25, 0.3) is 0 Å². The Morgan fingerprint density at radius 3 is 2.75 bits per heavy atom. The molecule has 1 aromatic carbocycles. The third-order valence-corrected chi connectivity index (χ3v) is 2.71. The van der Waals surface area contributed by atoms with Crippen LogP contribution in [0.5, 0.6) is 5.75 Å². The van der Waals surface area contributed by atoms with Crippen molar-refractivity contribution in [2.24, 2.45) is 0 Å². The van der Waals surface area contributed by atoms with E-state index in [2.05, 4.69) is 0 Å². The van der Waals surface area contributed by atoms with Crippen molar-refractivity contribution >= 4 is 34.2 Å². The summed E-state index contributed by atoms with van der Waals surface area (Å²) in [7, 11) is 1.59. The molecule has 0 atom stereocenters. The Balaban J connectivity index is 2.60. The van der Waals surface area contributed by atoms with E-state index in [0.29, 0.717) is 21.6 Å². The number of hydrogen-bond donors (Lipinski definition) is 0. The highest BCUT2D eigenvalue weighted by Crippen LogP contribution is 2.35. The van der Waals surface area contributed by atoms with E-state index in [4.69, 9.17) is 25.8 Å². The quantitative estimate of drug-likeness (QED) is 0.596. The van der Waals surface area contributed by atoms with E-state index in [0.717, 1.165) is 10.8 Å². The van der Waals surface area contributed by atoms with Crippen molar-refractivity contribution in [1.29, 1.82) is 0 Å². The molecule has 0 radical (unpaired) electrons. The molecule has 0 N–H and O–H groups in total. The first-order valence-corrected chi connectivity index (χ1v) is 5.18. The Morgan fingerprint density at radius 1 is 1.12 bits per heavy atom. The second-order valence-electron chi connectivity index (χ2n) is 3.42. The van der Waals surface area contributed by atoms with Crippen molar-refractivity contribution in [3.63, 3.8) is 0 Å². The predicted molar refractivity (Wildman–Crippen MR) is 63.4 cm³/mol. The molecule has 0 fully saturated rings. The van der Waals surface area contributed by atoms with Crippen LogP contribution in [0.3, 0.4) is 0 Å². The van der Waals surface area contributed by atoms with Crippen LogP contribution in [0.2, 0.25) is 0 Å². The zero-order chi connectivity index (χ0) is 11.1. The summed E-state index contributed by atoms with van der Waals surface area (Å²) in [5, 5.41) is 1.93. The first-order chi connectivity index (χ1) is 7.79. The highest BCUT2D eigenvalue weighted by Gasteiger charge is 2.12. The number of benzene rings is 1. The van der Waals surface area contributed by atoms with Crippen molar-refractivity contribution in [3.8, 4) is 5.75 Å². The highest BCUT2D eigenvalue weighted by atomic mass is 32.1. The van der Waals surface area contributed by atoms with Crippen LogP contribution < -0.4 is 4.74 Å². The van der Waals surface area contributed by atoms with E-state index in [9.17, 15) is 0 Å². The summed E-state index contributed by atoms with van der Waals surface area (Å²) in [4.78, 5) is 0. The number of rotatable bonds is 1. The minimum absolute atomic E-state index is 0.428. The molecular weight excluding hydrogens is 224 g/mol. The Morgan fingerprint density at radius 2 is 1.94 bits per heavy atom. The Hall–Kier alpha value is -1.81. The molecule has 2 aromatic heterocycles. The number of hydrogen-bond acceptors (Lipinski definition) is 4. The van der Waals surface area contributed by atoms with Crippen LogP contribution in [0.15, 0.2) is 39.4 Å². The van der Waals surface area contributed by atoms with E-state index < -0.39 is 0 Å². The maximum Gasteiger partial charge on any atom is 0.205 e. The van der Waals surface area contributed by atoms with Crippen molar-refractivity contribution in [1.82, 2.24) is 0 Å². The second kappa shape index (κ2) is 3.35. The van der Waals surface area contributed by atoms with Crippen LogP contribution in [0, 0.1) is 4.71 Å². The van der Waals surface area contributed by atoms with Gasteiger partial charge in [0.2, 0.25) is 5.75 Å². The molecule has 0 unspecified atom stereocenters. The lowest BCUT2D eigenvalue weighted by Gasteiger charge is -2.04. The zero-order valence-corrected chi connectivity index (χ0v) is 9.34. The van der Waals surface area contributed by atoms with Crippen LogP contribution in [0.25, 0.3) is 21.9 Å². The van der Waals surface area contributed by atoms with Gasteiger partial charge in [0, 0.05) is 10.8 Å². The molecule has 0 saturated carbocycles. The largest absolute Gasteiger partial charge is 0.490 e. The fourth-order valence-electron chi connectivity index (χ4n) is 1.79. The molecule has 0 aliphatic rings. The van der Waals surface area contributed by atoms with Crippen LogP contribution in [0.1, 0.15) is 0 Å². The van der Waals surface area contributed by atoms with Crippen LogP contribution in [0.4, 0.5) is 0 Å². The molecule has 0 saturated heterocycles. The summed E-state index contributed by atoms with van der Waals surface area (Å²) in [6.07, 6.45) is 1.63. The first kappa shape index (κ1) is 9.42. The summed E-state index contributed by atoms with van der Waals surface area (Å²) < 4.78 is 16.6. The normalized spacial score (nSPS) is 11.1. The van der Waals surface area contributed by atoms with Gasteiger partial charge in [0.05, 0.1) is 13.4 Å². The molecule has 16 heavy (non-hydrogen) atoms. The Labute approximate surface area is 96.2 Å². The fraction of sp³-hybridized carbons (Fsp3) is 0.0833. The Bertz CT molecular complexity index is 724. The van der Waals surface area contributed by atoms with E-state index in [1.54, 1.807) is 19.4 Å². The summed E-state index contributed by atoms with van der Waals surface area (Å²) >= 11 is 5.00. The molecule has 3 nitrogen and oxygen atoms in total. The van der Waals surface area contributed by atoms with Crippen LogP contribution in [-0.2, 0) is 0 Å². The molecule has 3 rings (SSSR count). The van der Waals surface area contributed by atoms with Crippen molar-refractivity contribution in [3.05, 3.63) is 35.2 Å². The van der Waals surface area contributed by atoms with Gasteiger partial charge in [-0.1, -0.05) is 0 Å². The average molecular weight is 232 g/mol. The van der Waals surface area contributed by atoms with Gasteiger partial charge in [-0.25, -0.2) is 0 Å². The molecule has 0 bridgehead atoms. The van der Waals surface area contributed by atoms with Gasteiger partial charge in [-0.05, 0) is 36.5 Å². The third kappa shape index (κ3) is 1.23. The predicted octanol–water partition coefficient (Wildman–Crippen LogP) is 3.92. The van der Waals surface area contributed by atoms with E-state index in [1.807, 2.05) is 18.2 Å². The van der Waals surface area contributed by atoms with Gasteiger partial charge < -0.3 is 13.6 Å². The van der Waals surface area contributed by atoms with Gasteiger partial charge in [-0.2, -0.15) is 0 Å². The highest BCUT2D eigenvalue weighted by molar-refractivity contribution is 7.71. The topological polar surface area (TPSA) is 35.5 Å². The number of furan rings is 1. The van der Waals surface area contributed by atoms with Crippen molar-refractivity contribution in [2.45, 2.75) is 0 Å². The van der Waals surface area contributed by atoms with E-state index >= 15 is 0 Å². The molecule has 4 heteroatoms. The number of fused-ring (bicyclic) bond motifs is 2. The lowest BCUT2D eigenvalue weighted by atomic mass is 10.1. The van der Waals surface area contributed by atoms with Crippen molar-refractivity contribution in [2.75, 3.05) is 7.11 Å². The fourth-order valence-corrected chi connectivity index (χ4v) is 1.94. The average Bonchev–Trinajstić information content (AvgIpc) is 2.73. The third-order valence-electron chi connectivity index (χ3n) is 2.49. The summed E-state index contributed by atoms with van der Waals surface area (Å²) in [6, 6.07) is 7.53. The molecule has 80 valence electrons. The Kier molecular flexibility index (Phi) is 1.97. The minimum Gasteiger partial charge on any atom is -0.490 e. The van der Waals surface area contributed by atoms with E-state index in [1.165, 1.54) is 0 Å². The summed E-state index contributed by atoms with van der Waals surface area (Å²) in [5.74, 6) is 0.587. The smallest absolute Gasteiger partial charge is 0.205 e. The zero-order valence-electron chi connectivity index (χ0n) is 8.52. The molecule has 2 heterocycles. The maximum atomic E-state index is 5.49. The number of methoxy groups -OCH3 is 1. The maximum absolute atomic E-state index is 5.49. The molecule has 0 aliphatic carbocycles. The van der Waals surface area contributed by atoms with Crippen molar-refractivity contribution < 1.29 is 13.6 Å². The standard InChI is InChI=1S/C12H8O3S/c1-13-12-10-8(4-5-14-10)6-7-2-3-9(16)15-11(7)12/h2-6H,1H3. The molecular formula is C12H8O3S. The monoisotopic (exact) mass is 232 g/mol. The molecule has 0 spiro atoms. The lowest BCUT2D eigenvalue weighted by Crippen LogP contribution is -1.85.